The number of hydrogen-bond acceptors (Lipinski definition) is 5. The van der Waals surface area contributed by atoms with Crippen molar-refractivity contribution >= 4 is 44.7 Å². The number of alkyl halides is 1. The summed E-state index contributed by atoms with van der Waals surface area (Å²) >= 11 is 4.86. The van der Waals surface area contributed by atoms with Crippen LogP contribution in [0.25, 0.3) is 11.2 Å². The smallest absolute Gasteiger partial charge is 0.191 e. The lowest BCUT2D eigenvalue weighted by atomic mass is 10.2. The highest BCUT2D eigenvalue weighted by Crippen LogP contribution is 2.26. The number of anilines is 1. The van der Waals surface area contributed by atoms with Crippen molar-refractivity contribution in [3.63, 3.8) is 0 Å². The van der Waals surface area contributed by atoms with Gasteiger partial charge in [-0.3, -0.25) is 0 Å². The van der Waals surface area contributed by atoms with Gasteiger partial charge >= 0.3 is 0 Å². The number of nitrogens with two attached hydrogens (primary N) is 1. The van der Waals surface area contributed by atoms with E-state index >= 15 is 0 Å². The van der Waals surface area contributed by atoms with Gasteiger partial charge in [-0.05, 0) is 34.8 Å². The van der Waals surface area contributed by atoms with Gasteiger partial charge < -0.3 is 10.3 Å². The molecule has 3 rings (SSSR count). The van der Waals surface area contributed by atoms with E-state index in [0.29, 0.717) is 26.9 Å². The number of hydrogen-bond donors (Lipinski definition) is 1. The summed E-state index contributed by atoms with van der Waals surface area (Å²) in [6.45, 7) is 1.67. The molecule has 126 valence electrons. The molecule has 0 fully saturated rings. The fourth-order valence-electron chi connectivity index (χ4n) is 2.36. The van der Waals surface area contributed by atoms with E-state index < -0.39 is 6.17 Å². The number of benzene rings is 1. The van der Waals surface area contributed by atoms with Crippen LogP contribution in [0.15, 0.2) is 40.2 Å². The lowest BCUT2D eigenvalue weighted by molar-refractivity contribution is 0.321. The Morgan fingerprint density at radius 1 is 1.25 bits per heavy atom. The topological polar surface area (TPSA) is 69.6 Å². The highest BCUT2D eigenvalue weighted by atomic mass is 79.9. The SMILES string of the molecule is CC(F)Cn1c(Br)nc2c(N)nc(SCCc3ccccc3)nc21. The third-order valence-corrected chi connectivity index (χ3v) is 4.91. The molecule has 2 heterocycles. The normalized spacial score (nSPS) is 12.6. The molecule has 0 saturated carbocycles. The number of fused-ring (bicyclic) bond motifs is 1. The van der Waals surface area contributed by atoms with E-state index in [0.717, 1.165) is 12.2 Å². The molecule has 0 saturated heterocycles. The first-order valence-corrected chi connectivity index (χ1v) is 9.32. The van der Waals surface area contributed by atoms with E-state index in [4.69, 9.17) is 5.73 Å². The number of nitrogens with zero attached hydrogens (tertiary/aromatic N) is 4. The summed E-state index contributed by atoms with van der Waals surface area (Å²) in [7, 11) is 0. The molecule has 0 aliphatic heterocycles. The zero-order valence-corrected chi connectivity index (χ0v) is 15.5. The molecule has 0 aliphatic rings. The third-order valence-electron chi connectivity index (χ3n) is 3.45. The van der Waals surface area contributed by atoms with Crippen molar-refractivity contribution < 1.29 is 4.39 Å². The van der Waals surface area contributed by atoms with Gasteiger partial charge in [0.25, 0.3) is 0 Å². The molecule has 1 aromatic carbocycles. The largest absolute Gasteiger partial charge is 0.382 e. The second-order valence-electron chi connectivity index (χ2n) is 5.42. The van der Waals surface area contributed by atoms with E-state index in [-0.39, 0.29) is 6.54 Å². The van der Waals surface area contributed by atoms with E-state index in [2.05, 4.69) is 43.0 Å². The number of thioether (sulfide) groups is 1. The summed E-state index contributed by atoms with van der Waals surface area (Å²) in [5.74, 6) is 1.15. The maximum atomic E-state index is 13.4. The Morgan fingerprint density at radius 2 is 2.00 bits per heavy atom. The molecule has 5 nitrogen and oxygen atoms in total. The first-order valence-electron chi connectivity index (χ1n) is 7.54. The second kappa shape index (κ2) is 7.48. The monoisotopic (exact) mass is 409 g/mol. The molecule has 0 spiro atoms. The van der Waals surface area contributed by atoms with Gasteiger partial charge in [-0.25, -0.2) is 19.3 Å². The van der Waals surface area contributed by atoms with Gasteiger partial charge in [0.1, 0.15) is 6.17 Å². The van der Waals surface area contributed by atoms with Crippen LogP contribution in [0.2, 0.25) is 0 Å². The van der Waals surface area contributed by atoms with Crippen LogP contribution in [0.3, 0.4) is 0 Å². The summed E-state index contributed by atoms with van der Waals surface area (Å²) in [6.07, 6.45) is -0.0961. The van der Waals surface area contributed by atoms with Gasteiger partial charge in [0.05, 0.1) is 6.54 Å². The Kier molecular flexibility index (Phi) is 5.35. The molecule has 2 N–H and O–H groups in total. The van der Waals surface area contributed by atoms with Crippen molar-refractivity contribution in [1.29, 1.82) is 0 Å². The summed E-state index contributed by atoms with van der Waals surface area (Å²) in [6, 6.07) is 10.2. The highest BCUT2D eigenvalue weighted by molar-refractivity contribution is 9.10. The van der Waals surface area contributed by atoms with Gasteiger partial charge in [0.2, 0.25) is 0 Å². The third kappa shape index (κ3) is 3.87. The summed E-state index contributed by atoms with van der Waals surface area (Å²) < 4.78 is 15.6. The minimum absolute atomic E-state index is 0.168. The number of aromatic nitrogens is 4. The number of halogens is 2. The maximum absolute atomic E-state index is 13.4. The van der Waals surface area contributed by atoms with Crippen LogP contribution in [0, 0.1) is 0 Å². The fraction of sp³-hybridized carbons (Fsp3) is 0.312. The number of aryl methyl sites for hydroxylation is 1. The molecule has 0 aliphatic carbocycles. The van der Waals surface area contributed by atoms with Crippen LogP contribution in [0.5, 0.6) is 0 Å². The second-order valence-corrected chi connectivity index (χ2v) is 7.19. The summed E-state index contributed by atoms with van der Waals surface area (Å²) in [5, 5.41) is 0.580. The first-order chi connectivity index (χ1) is 11.5. The van der Waals surface area contributed by atoms with Gasteiger partial charge in [-0.15, -0.1) is 0 Å². The number of imidazole rings is 1. The molecule has 1 atom stereocenters. The van der Waals surface area contributed by atoms with Gasteiger partial charge in [-0.1, -0.05) is 42.1 Å². The number of nitrogen functional groups attached to an aromatic ring is 1. The molecule has 24 heavy (non-hydrogen) atoms. The number of rotatable bonds is 6. The highest BCUT2D eigenvalue weighted by Gasteiger charge is 2.17. The van der Waals surface area contributed by atoms with Crippen molar-refractivity contribution in [2.24, 2.45) is 0 Å². The zero-order valence-electron chi connectivity index (χ0n) is 13.1. The Hall–Kier alpha value is -1.67. The van der Waals surface area contributed by atoms with Crippen LogP contribution < -0.4 is 5.73 Å². The van der Waals surface area contributed by atoms with Crippen LogP contribution in [0.4, 0.5) is 10.2 Å². The Labute approximate surface area is 152 Å². The van der Waals surface area contributed by atoms with Crippen LogP contribution >= 0.6 is 27.7 Å². The summed E-state index contributed by atoms with van der Waals surface area (Å²) in [5.41, 5.74) is 8.31. The quantitative estimate of drug-likeness (QED) is 0.380. The maximum Gasteiger partial charge on any atom is 0.191 e. The van der Waals surface area contributed by atoms with Gasteiger partial charge in [-0.2, -0.15) is 0 Å². The average Bonchev–Trinajstić information content (AvgIpc) is 2.85. The van der Waals surface area contributed by atoms with Gasteiger partial charge in [0.15, 0.2) is 26.9 Å². The molecule has 0 amide bonds. The van der Waals surface area contributed by atoms with E-state index in [1.807, 2.05) is 18.2 Å². The van der Waals surface area contributed by atoms with Gasteiger partial charge in [0, 0.05) is 5.75 Å². The van der Waals surface area contributed by atoms with Crippen LogP contribution in [-0.4, -0.2) is 31.4 Å². The summed E-state index contributed by atoms with van der Waals surface area (Å²) in [4.78, 5) is 13.1. The predicted octanol–water partition coefficient (Wildman–Crippen LogP) is 3.86. The molecule has 3 aromatic rings. The van der Waals surface area contributed by atoms with Crippen molar-refractivity contribution in [2.75, 3.05) is 11.5 Å². The first kappa shape index (κ1) is 17.2. The average molecular weight is 410 g/mol. The molecular formula is C16H17BrFN5S. The predicted molar refractivity (Wildman–Crippen MR) is 98.9 cm³/mol. The zero-order chi connectivity index (χ0) is 17.1. The van der Waals surface area contributed by atoms with Crippen LogP contribution in [-0.2, 0) is 13.0 Å². The molecular weight excluding hydrogens is 393 g/mol. The van der Waals surface area contributed by atoms with Crippen LogP contribution in [0.1, 0.15) is 12.5 Å². The lowest BCUT2D eigenvalue weighted by Gasteiger charge is -2.07. The minimum Gasteiger partial charge on any atom is -0.382 e. The van der Waals surface area contributed by atoms with E-state index in [9.17, 15) is 4.39 Å². The molecule has 0 bridgehead atoms. The minimum atomic E-state index is -1.01. The van der Waals surface area contributed by atoms with E-state index in [1.165, 1.54) is 24.2 Å². The standard InChI is InChI=1S/C16H17BrFN5S/c1-10(18)9-23-14-12(20-15(23)17)13(19)21-16(22-14)24-8-7-11-5-3-2-4-6-11/h2-6,10H,7-9H2,1H3,(H2,19,21,22). The van der Waals surface area contributed by atoms with Crippen molar-refractivity contribution in [1.82, 2.24) is 19.5 Å². The molecule has 0 radical (unpaired) electrons. The Balaban J connectivity index is 1.81. The fourth-order valence-corrected chi connectivity index (χ4v) is 3.68. The van der Waals surface area contributed by atoms with Crippen molar-refractivity contribution in [2.45, 2.75) is 31.2 Å². The van der Waals surface area contributed by atoms with E-state index in [1.54, 1.807) is 4.57 Å². The Morgan fingerprint density at radius 3 is 2.71 bits per heavy atom. The Bertz CT molecular complexity index is 837. The van der Waals surface area contributed by atoms with Crippen molar-refractivity contribution in [3.05, 3.63) is 40.6 Å². The molecule has 8 heteroatoms. The molecule has 1 unspecified atom stereocenters. The molecule has 2 aromatic heterocycles. The van der Waals surface area contributed by atoms with Crippen molar-refractivity contribution in [3.8, 4) is 0 Å². The lowest BCUT2D eigenvalue weighted by Crippen LogP contribution is -2.09.